The van der Waals surface area contributed by atoms with Crippen molar-refractivity contribution >= 4 is 34.6 Å². The number of alkyl halides is 3. The highest BCUT2D eigenvalue weighted by Gasteiger charge is 2.40. The number of nitro benzene ring substituents is 1. The van der Waals surface area contributed by atoms with Crippen molar-refractivity contribution < 1.29 is 22.9 Å². The highest BCUT2D eigenvalue weighted by Crippen LogP contribution is 2.38. The summed E-state index contributed by atoms with van der Waals surface area (Å²) >= 11 is 6.01. The van der Waals surface area contributed by atoms with Gasteiger partial charge in [-0.3, -0.25) is 14.9 Å². The molecule has 0 radical (unpaired) electrons. The number of carbonyl (C=O) groups is 1. The van der Waals surface area contributed by atoms with E-state index in [0.717, 1.165) is 56.3 Å². The molecule has 3 fully saturated rings. The van der Waals surface area contributed by atoms with Crippen molar-refractivity contribution in [3.8, 4) is 0 Å². The van der Waals surface area contributed by atoms with E-state index in [4.69, 9.17) is 11.6 Å². The second-order valence-corrected chi connectivity index (χ2v) is 11.2. The quantitative estimate of drug-likeness (QED) is 0.315. The highest BCUT2D eigenvalue weighted by molar-refractivity contribution is 6.30. The van der Waals surface area contributed by atoms with Crippen LogP contribution in [-0.4, -0.2) is 72.5 Å². The van der Waals surface area contributed by atoms with E-state index in [1.54, 1.807) is 4.90 Å². The number of nitrogens with one attached hydrogen (secondary N) is 1. The third kappa shape index (κ3) is 6.80. The van der Waals surface area contributed by atoms with E-state index in [1.807, 2.05) is 12.1 Å². The monoisotopic (exact) mass is 581 g/mol. The first-order chi connectivity index (χ1) is 18.6. The fourth-order valence-electron chi connectivity index (χ4n) is 6.10. The largest absolute Gasteiger partial charge is 0.423 e. The van der Waals surface area contributed by atoms with Crippen LogP contribution in [0.25, 0.3) is 0 Å². The first-order valence-corrected chi connectivity index (χ1v) is 13.6. The number of nitrogens with zero attached hydrogens (tertiary/aromatic N) is 4. The molecule has 8 nitrogen and oxygen atoms in total. The van der Waals surface area contributed by atoms with Gasteiger partial charge in [0.05, 0.1) is 4.92 Å². The lowest BCUT2D eigenvalue weighted by atomic mass is 10.0. The molecule has 0 saturated carbocycles. The normalized spacial score (nSPS) is 22.8. The summed E-state index contributed by atoms with van der Waals surface area (Å²) in [5, 5.41) is 14.7. The summed E-state index contributed by atoms with van der Waals surface area (Å²) in [5.74, 6) is 1.30. The highest BCUT2D eigenvalue weighted by atomic mass is 35.5. The zero-order valence-corrected chi connectivity index (χ0v) is 22.1. The second-order valence-electron chi connectivity index (χ2n) is 10.7. The number of rotatable bonds is 8. The molecule has 40 heavy (non-hydrogen) atoms. The van der Waals surface area contributed by atoms with Crippen LogP contribution in [0.5, 0.6) is 0 Å². The van der Waals surface area contributed by atoms with Crippen LogP contribution in [0.4, 0.5) is 30.2 Å². The van der Waals surface area contributed by atoms with E-state index in [0.29, 0.717) is 37.8 Å². The molecule has 0 spiro atoms. The SMILES string of the molecule is C.O=C(CCCN1CC2CN(c3ccc(Cl)cc3)CC2C1)N1CC[C@H](Nc2ccc([N+](=O)[O-])c(C(F)(F)F)c2)C1. The molecular formula is C28H35ClF3N5O3. The molecule has 0 aromatic heterocycles. The van der Waals surface area contributed by atoms with Gasteiger partial charge in [-0.2, -0.15) is 13.2 Å². The molecule has 3 saturated heterocycles. The van der Waals surface area contributed by atoms with Crippen molar-refractivity contribution in [1.29, 1.82) is 0 Å². The first kappa shape index (κ1) is 29.9. The average molecular weight is 582 g/mol. The lowest BCUT2D eigenvalue weighted by molar-refractivity contribution is -0.388. The van der Waals surface area contributed by atoms with Crippen molar-refractivity contribution in [1.82, 2.24) is 9.80 Å². The minimum absolute atomic E-state index is 0. The van der Waals surface area contributed by atoms with Gasteiger partial charge in [-0.05, 0) is 67.6 Å². The van der Waals surface area contributed by atoms with E-state index < -0.39 is 22.4 Å². The van der Waals surface area contributed by atoms with Crippen LogP contribution in [0.1, 0.15) is 32.3 Å². The number of fused-ring (bicyclic) bond motifs is 1. The molecule has 0 bridgehead atoms. The first-order valence-electron chi connectivity index (χ1n) is 13.2. The minimum Gasteiger partial charge on any atom is -0.380 e. The smallest absolute Gasteiger partial charge is 0.380 e. The van der Waals surface area contributed by atoms with Gasteiger partial charge in [-0.15, -0.1) is 0 Å². The molecule has 3 heterocycles. The molecule has 3 aliphatic rings. The Balaban J connectivity index is 0.00000370. The van der Waals surface area contributed by atoms with E-state index in [1.165, 1.54) is 11.8 Å². The Kier molecular flexibility index (Phi) is 9.14. The number of halogens is 4. The summed E-state index contributed by atoms with van der Waals surface area (Å²) < 4.78 is 39.8. The van der Waals surface area contributed by atoms with E-state index >= 15 is 0 Å². The predicted octanol–water partition coefficient (Wildman–Crippen LogP) is 5.76. The van der Waals surface area contributed by atoms with Gasteiger partial charge >= 0.3 is 6.18 Å². The second kappa shape index (κ2) is 12.2. The molecule has 2 unspecified atom stereocenters. The predicted molar refractivity (Wildman–Crippen MR) is 150 cm³/mol. The molecule has 1 amide bonds. The number of nitro groups is 1. The maximum atomic E-state index is 13.3. The third-order valence-corrected chi connectivity index (χ3v) is 8.28. The van der Waals surface area contributed by atoms with Crippen molar-refractivity contribution in [3.63, 3.8) is 0 Å². The Morgan fingerprint density at radius 1 is 1.05 bits per heavy atom. The number of anilines is 2. The van der Waals surface area contributed by atoms with Crippen molar-refractivity contribution in [2.75, 3.05) is 56.0 Å². The van der Waals surface area contributed by atoms with Gasteiger partial charge in [-0.1, -0.05) is 19.0 Å². The molecule has 1 N–H and O–H groups in total. The molecule has 3 aliphatic heterocycles. The lowest BCUT2D eigenvalue weighted by Gasteiger charge is -2.23. The number of amides is 1. The molecular weight excluding hydrogens is 547 g/mol. The summed E-state index contributed by atoms with van der Waals surface area (Å²) in [6.07, 6.45) is -3.03. The van der Waals surface area contributed by atoms with Crippen LogP contribution in [0, 0.1) is 22.0 Å². The van der Waals surface area contributed by atoms with E-state index in [2.05, 4.69) is 27.2 Å². The summed E-state index contributed by atoms with van der Waals surface area (Å²) in [7, 11) is 0. The van der Waals surface area contributed by atoms with Gasteiger partial charge in [0.2, 0.25) is 5.91 Å². The number of hydrogen-bond acceptors (Lipinski definition) is 6. The molecule has 2 aromatic carbocycles. The molecule has 2 aromatic rings. The van der Waals surface area contributed by atoms with Gasteiger partial charge in [-0.25, -0.2) is 0 Å². The number of hydrogen-bond donors (Lipinski definition) is 1. The Labute approximate surface area is 237 Å². The fourth-order valence-corrected chi connectivity index (χ4v) is 6.23. The van der Waals surface area contributed by atoms with Gasteiger partial charge in [0, 0.05) is 74.2 Å². The molecule has 0 aliphatic carbocycles. The minimum atomic E-state index is -4.83. The molecule has 218 valence electrons. The maximum Gasteiger partial charge on any atom is 0.423 e. The molecule has 3 atom stereocenters. The summed E-state index contributed by atoms with van der Waals surface area (Å²) in [6, 6.07) is 10.7. The number of likely N-dealkylation sites (tertiary alicyclic amines) is 2. The third-order valence-electron chi connectivity index (χ3n) is 8.03. The average Bonchev–Trinajstić information content (AvgIpc) is 3.59. The summed E-state index contributed by atoms with van der Waals surface area (Å²) in [6.45, 7) is 5.93. The van der Waals surface area contributed by atoms with Crippen LogP contribution in [0.15, 0.2) is 42.5 Å². The van der Waals surface area contributed by atoms with Crippen LogP contribution in [0.3, 0.4) is 0 Å². The van der Waals surface area contributed by atoms with Gasteiger partial charge < -0.3 is 20.0 Å². The van der Waals surface area contributed by atoms with Crippen molar-refractivity contribution in [2.45, 2.75) is 38.9 Å². The molecule has 5 rings (SSSR count). The zero-order chi connectivity index (χ0) is 27.7. The maximum absolute atomic E-state index is 13.3. The van der Waals surface area contributed by atoms with Crippen LogP contribution >= 0.6 is 11.6 Å². The summed E-state index contributed by atoms with van der Waals surface area (Å²) in [4.78, 5) is 29.3. The Morgan fingerprint density at radius 2 is 1.73 bits per heavy atom. The van der Waals surface area contributed by atoms with Crippen LogP contribution in [0.2, 0.25) is 5.02 Å². The Morgan fingerprint density at radius 3 is 2.35 bits per heavy atom. The Hall–Kier alpha value is -3.05. The Bertz CT molecular complexity index is 1200. The standard InChI is InChI=1S/C27H31ClF3N5O3.CH4/c28-20-3-6-23(7-4-20)35-15-18-13-33(14-19(18)16-35)10-1-2-26(37)34-11-9-22(17-34)32-21-5-8-25(36(38)39)24(12-21)27(29,30)31;/h3-8,12,18-19,22,32H,1-2,9-11,13-17H2;1H4/t18?,19?,22-;/m0./s1. The van der Waals surface area contributed by atoms with Crippen molar-refractivity contribution in [3.05, 3.63) is 63.2 Å². The van der Waals surface area contributed by atoms with E-state index in [9.17, 15) is 28.1 Å². The van der Waals surface area contributed by atoms with Gasteiger partial charge in [0.1, 0.15) is 5.56 Å². The lowest BCUT2D eigenvalue weighted by Crippen LogP contribution is -2.33. The van der Waals surface area contributed by atoms with Gasteiger partial charge in [0.15, 0.2) is 0 Å². The van der Waals surface area contributed by atoms with Crippen LogP contribution < -0.4 is 10.2 Å². The summed E-state index contributed by atoms with van der Waals surface area (Å²) in [5.41, 5.74) is -0.899. The van der Waals surface area contributed by atoms with Crippen LogP contribution in [-0.2, 0) is 11.0 Å². The van der Waals surface area contributed by atoms with Gasteiger partial charge in [0.25, 0.3) is 5.69 Å². The van der Waals surface area contributed by atoms with E-state index in [-0.39, 0.29) is 25.1 Å². The topological polar surface area (TPSA) is 82.0 Å². The number of benzene rings is 2. The molecule has 12 heteroatoms. The zero-order valence-electron chi connectivity index (χ0n) is 21.4. The number of carbonyl (C=O) groups excluding carboxylic acids is 1. The fraction of sp³-hybridized carbons (Fsp3) is 0.536. The van der Waals surface area contributed by atoms with Crippen molar-refractivity contribution in [2.24, 2.45) is 11.8 Å².